The summed E-state index contributed by atoms with van der Waals surface area (Å²) in [5.41, 5.74) is -0.276. The van der Waals surface area contributed by atoms with Crippen LogP contribution in [0.2, 0.25) is 0 Å². The number of nitrogens with zero attached hydrogens (tertiary/aromatic N) is 1. The summed E-state index contributed by atoms with van der Waals surface area (Å²) in [6.45, 7) is -1.90. The average Bonchev–Trinajstić information content (AvgIpc) is 2.89. The normalized spacial score (nSPS) is 37.3. The van der Waals surface area contributed by atoms with Gasteiger partial charge >= 0.3 is 0 Å². The molecule has 4 unspecified atom stereocenters. The zero-order valence-electron chi connectivity index (χ0n) is 19.5. The van der Waals surface area contributed by atoms with Gasteiger partial charge in [0, 0.05) is 18.6 Å². The molecule has 1 aromatic rings. The van der Waals surface area contributed by atoms with Crippen LogP contribution in [0.3, 0.4) is 0 Å². The van der Waals surface area contributed by atoms with Crippen molar-refractivity contribution in [3.63, 3.8) is 0 Å². The van der Waals surface area contributed by atoms with E-state index in [1.165, 1.54) is 0 Å². The highest BCUT2D eigenvalue weighted by Gasteiger charge is 2.56. The number of nitro benzene ring substituents is 1. The summed E-state index contributed by atoms with van der Waals surface area (Å²) < 4.78 is 21.4. The summed E-state index contributed by atoms with van der Waals surface area (Å²) >= 11 is 0. The first kappa shape index (κ1) is 30.0. The summed E-state index contributed by atoms with van der Waals surface area (Å²) in [5.74, 6) is -5.27. The maximum atomic E-state index is 12.2. The second-order valence-corrected chi connectivity index (χ2v) is 8.78. The van der Waals surface area contributed by atoms with Gasteiger partial charge in [0.2, 0.25) is 12.1 Å². The molecule has 214 valence electrons. The molecule has 0 amide bonds. The van der Waals surface area contributed by atoms with E-state index < -0.39 is 97.5 Å². The van der Waals surface area contributed by atoms with Gasteiger partial charge in [-0.1, -0.05) is 0 Å². The van der Waals surface area contributed by atoms with Crippen LogP contribution in [0.5, 0.6) is 5.75 Å². The van der Waals surface area contributed by atoms with Gasteiger partial charge in [0.25, 0.3) is 5.69 Å². The predicted molar refractivity (Wildman–Crippen MR) is 115 cm³/mol. The van der Waals surface area contributed by atoms with Crippen LogP contribution < -0.4 is 9.84 Å². The predicted octanol–water partition coefficient (Wildman–Crippen LogP) is -5.53. The fourth-order valence-electron chi connectivity index (χ4n) is 4.10. The molecule has 2 fully saturated rings. The van der Waals surface area contributed by atoms with Crippen LogP contribution in [0.1, 0.15) is 6.42 Å². The van der Waals surface area contributed by atoms with E-state index in [1.54, 1.807) is 0 Å². The summed E-state index contributed by atoms with van der Waals surface area (Å²) in [6, 6.07) is 4.48. The minimum absolute atomic E-state index is 0.0604. The van der Waals surface area contributed by atoms with Gasteiger partial charge in [-0.25, -0.2) is 0 Å². The van der Waals surface area contributed by atoms with E-state index in [0.29, 0.717) is 0 Å². The molecule has 11 atom stereocenters. The second-order valence-electron chi connectivity index (χ2n) is 8.78. The zero-order chi connectivity index (χ0) is 28.4. The second kappa shape index (κ2) is 12.1. The van der Waals surface area contributed by atoms with Gasteiger partial charge in [-0.2, -0.15) is 0 Å². The molecule has 0 aromatic heterocycles. The van der Waals surface area contributed by atoms with Crippen LogP contribution in [-0.4, -0.2) is 132 Å². The molecule has 17 heteroatoms. The van der Waals surface area contributed by atoms with Gasteiger partial charge in [-0.3, -0.25) is 10.1 Å². The first-order chi connectivity index (χ1) is 17.8. The van der Waals surface area contributed by atoms with Crippen LogP contribution in [0, 0.1) is 10.1 Å². The number of hydrogen-bond acceptors (Lipinski definition) is 16. The number of aliphatic carboxylic acids is 1. The molecule has 0 radical (unpaired) electrons. The number of carboxylic acids is 1. The van der Waals surface area contributed by atoms with Crippen molar-refractivity contribution in [3.8, 4) is 5.75 Å². The van der Waals surface area contributed by atoms with E-state index >= 15 is 0 Å². The lowest BCUT2D eigenvalue weighted by atomic mass is 9.90. The lowest BCUT2D eigenvalue weighted by molar-refractivity contribution is -0.409. The van der Waals surface area contributed by atoms with Crippen molar-refractivity contribution in [2.24, 2.45) is 0 Å². The highest BCUT2D eigenvalue weighted by Crippen LogP contribution is 2.37. The zero-order valence-corrected chi connectivity index (χ0v) is 19.5. The third kappa shape index (κ3) is 6.03. The third-order valence-electron chi connectivity index (χ3n) is 6.21. The van der Waals surface area contributed by atoms with Gasteiger partial charge < -0.3 is 69.7 Å². The van der Waals surface area contributed by atoms with E-state index in [0.717, 1.165) is 24.3 Å². The lowest BCUT2D eigenvalue weighted by Crippen LogP contribution is -2.70. The molecule has 0 spiro atoms. The number of hydrogen-bond donors (Lipinski definition) is 8. The van der Waals surface area contributed by atoms with Gasteiger partial charge in [-0.15, -0.1) is 0 Å². The molecule has 17 nitrogen and oxygen atoms in total. The summed E-state index contributed by atoms with van der Waals surface area (Å²) in [5, 5.41) is 104. The SMILES string of the molecule is O=C([O-])[C@@]1(OC2C(O)[C@H](Oc3ccc([N+](=O)[O-])cc3)OC(CO)[C@@H]2O)C[C@@H](O)[C@@H](O)C([C@H](O)[C@H](O)CO)O1. The monoisotopic (exact) mass is 550 g/mol. The molecular weight excluding hydrogens is 522 g/mol. The summed E-state index contributed by atoms with van der Waals surface area (Å²) in [6.07, 6.45) is -20.3. The van der Waals surface area contributed by atoms with E-state index in [4.69, 9.17) is 24.1 Å². The van der Waals surface area contributed by atoms with Crippen LogP contribution in [0.15, 0.2) is 24.3 Å². The quantitative estimate of drug-likeness (QED) is 0.0995. The highest BCUT2D eigenvalue weighted by atomic mass is 16.8. The number of carboxylic acid groups (broad SMARTS) is 1. The van der Waals surface area contributed by atoms with E-state index in [9.17, 15) is 55.8 Å². The van der Waals surface area contributed by atoms with Crippen LogP contribution in [-0.2, 0) is 19.0 Å². The molecule has 0 bridgehead atoms. The number of benzene rings is 1. The van der Waals surface area contributed by atoms with Crippen LogP contribution in [0.4, 0.5) is 5.69 Å². The molecule has 2 aliphatic rings. The molecule has 0 saturated carbocycles. The molecule has 8 N–H and O–H groups in total. The summed E-state index contributed by atoms with van der Waals surface area (Å²) in [4.78, 5) is 22.3. The topological polar surface area (TPSA) is 282 Å². The number of non-ortho nitro benzene ring substituents is 1. The number of rotatable bonds is 10. The number of aliphatic hydroxyl groups excluding tert-OH is 8. The van der Waals surface area contributed by atoms with Crippen molar-refractivity contribution in [1.29, 1.82) is 0 Å². The Hall–Kier alpha value is -2.55. The van der Waals surface area contributed by atoms with E-state index in [-0.39, 0.29) is 11.4 Å². The van der Waals surface area contributed by atoms with Crippen molar-refractivity contribution in [2.75, 3.05) is 13.2 Å². The van der Waals surface area contributed by atoms with Gasteiger partial charge in [0.05, 0.1) is 24.2 Å². The summed E-state index contributed by atoms with van der Waals surface area (Å²) in [7, 11) is 0. The standard InChI is InChI=1S/C21H29NO16/c23-6-11(26)14(28)17-13(27)10(25)5-21(37-17,20(31)32)38-18-15(29)12(7-24)36-19(16(18)30)35-9-3-1-8(2-4-9)22(33)34/h1-4,10-19,23-30H,5-7H2,(H,31,32)/p-1/t10-,11-,12?,13-,14-,15+,16?,17?,18?,19-,21+/m1/s1. The fraction of sp³-hybridized carbons (Fsp3) is 0.667. The minimum Gasteiger partial charge on any atom is -0.544 e. The minimum atomic E-state index is -3.04. The highest BCUT2D eigenvalue weighted by molar-refractivity contribution is 5.74. The molecule has 2 aliphatic heterocycles. The Morgan fingerprint density at radius 3 is 2.26 bits per heavy atom. The Labute approximate surface area is 213 Å². The number of nitro groups is 1. The van der Waals surface area contributed by atoms with E-state index in [2.05, 4.69) is 0 Å². The molecule has 0 aliphatic carbocycles. The Morgan fingerprint density at radius 1 is 1.11 bits per heavy atom. The number of carbonyl (C=O) groups excluding carboxylic acids is 1. The molecule has 2 saturated heterocycles. The Morgan fingerprint density at radius 2 is 1.74 bits per heavy atom. The molecular formula is C21H28NO16-. The van der Waals surface area contributed by atoms with Gasteiger partial charge in [0.15, 0.2) is 0 Å². The number of ether oxygens (including phenoxy) is 4. The first-order valence-electron chi connectivity index (χ1n) is 11.3. The largest absolute Gasteiger partial charge is 0.544 e. The maximum absolute atomic E-state index is 12.2. The maximum Gasteiger partial charge on any atom is 0.269 e. The van der Waals surface area contributed by atoms with Crippen molar-refractivity contribution in [1.82, 2.24) is 0 Å². The lowest BCUT2D eigenvalue weighted by Gasteiger charge is -2.50. The molecule has 3 rings (SSSR count). The van der Waals surface area contributed by atoms with Crippen molar-refractivity contribution in [3.05, 3.63) is 34.4 Å². The number of carbonyl (C=O) groups is 1. The third-order valence-corrected chi connectivity index (χ3v) is 6.21. The average molecular weight is 550 g/mol. The van der Waals surface area contributed by atoms with Gasteiger partial charge in [-0.05, 0) is 12.1 Å². The molecule has 1 aromatic carbocycles. The Kier molecular flexibility index (Phi) is 9.55. The number of aliphatic hydroxyl groups is 8. The Bertz CT molecular complexity index is 963. The smallest absolute Gasteiger partial charge is 0.269 e. The Balaban J connectivity index is 1.89. The van der Waals surface area contributed by atoms with Gasteiger partial charge in [0.1, 0.15) is 60.6 Å². The van der Waals surface area contributed by atoms with Crippen LogP contribution in [0.25, 0.3) is 0 Å². The first-order valence-corrected chi connectivity index (χ1v) is 11.3. The molecule has 2 heterocycles. The molecule has 38 heavy (non-hydrogen) atoms. The van der Waals surface area contributed by atoms with E-state index in [1.807, 2.05) is 0 Å². The van der Waals surface area contributed by atoms with Crippen molar-refractivity contribution >= 4 is 11.7 Å². The van der Waals surface area contributed by atoms with Crippen molar-refractivity contribution < 1.29 is 74.6 Å². The van der Waals surface area contributed by atoms with Crippen LogP contribution >= 0.6 is 0 Å². The van der Waals surface area contributed by atoms with Crippen molar-refractivity contribution in [2.45, 2.75) is 73.4 Å². The fourth-order valence-corrected chi connectivity index (χ4v) is 4.10.